The Labute approximate surface area is 85.2 Å². The lowest BCUT2D eigenvalue weighted by Crippen LogP contribution is -2.07. The highest BCUT2D eigenvalue weighted by Crippen LogP contribution is 2.32. The number of rotatable bonds is 0. The van der Waals surface area contributed by atoms with Crippen LogP contribution in [0.1, 0.15) is 26.7 Å². The van der Waals surface area contributed by atoms with Gasteiger partial charge < -0.3 is 0 Å². The largest absolute Gasteiger partial charge is 0.257 e. The number of nitrogens with zero attached hydrogens (tertiary/aromatic N) is 1. The van der Waals surface area contributed by atoms with E-state index in [1.165, 1.54) is 23.3 Å². The van der Waals surface area contributed by atoms with Gasteiger partial charge in [0.1, 0.15) is 7.05 Å². The fourth-order valence-electron chi connectivity index (χ4n) is 1.29. The molecule has 0 saturated heterocycles. The van der Waals surface area contributed by atoms with Gasteiger partial charge in [0.2, 0.25) is 0 Å². The lowest BCUT2D eigenvalue weighted by Gasteiger charge is -2.24. The van der Waals surface area contributed by atoms with Gasteiger partial charge in [-0.2, -0.15) is 6.42 Å². The highest BCUT2D eigenvalue weighted by Gasteiger charge is 2.07. The van der Waals surface area contributed by atoms with Crippen molar-refractivity contribution in [1.82, 2.24) is 0 Å². The molecule has 1 heterocycles. The molecule has 2 aliphatic rings. The SMILES string of the molecule is CC.C[N+]1=CSC2=CCC[CH-]C2=C1. The van der Waals surface area contributed by atoms with Crippen molar-refractivity contribution in [3.63, 3.8) is 0 Å². The van der Waals surface area contributed by atoms with Gasteiger partial charge in [-0.15, -0.1) is 11.6 Å². The Morgan fingerprint density at radius 2 is 2.23 bits per heavy atom. The average Bonchev–Trinajstić information content (AvgIpc) is 2.21. The number of hydrogen-bond acceptors (Lipinski definition) is 1. The minimum Gasteiger partial charge on any atom is -0.257 e. The lowest BCUT2D eigenvalue weighted by molar-refractivity contribution is -0.415. The van der Waals surface area contributed by atoms with Crippen molar-refractivity contribution in [2.45, 2.75) is 26.7 Å². The fourth-order valence-corrected chi connectivity index (χ4v) is 2.12. The zero-order valence-electron chi connectivity index (χ0n) is 8.58. The normalized spacial score (nSPS) is 19.5. The van der Waals surface area contributed by atoms with Crippen LogP contribution in [0, 0.1) is 6.42 Å². The summed E-state index contributed by atoms with van der Waals surface area (Å²) < 4.78 is 2.11. The molecule has 0 unspecified atom stereocenters. The van der Waals surface area contributed by atoms with Crippen LogP contribution in [0.3, 0.4) is 0 Å². The zero-order valence-corrected chi connectivity index (χ0v) is 9.40. The molecule has 0 saturated carbocycles. The third-order valence-electron chi connectivity index (χ3n) is 1.83. The molecule has 0 atom stereocenters. The zero-order chi connectivity index (χ0) is 9.68. The van der Waals surface area contributed by atoms with Crippen molar-refractivity contribution in [3.05, 3.63) is 29.2 Å². The molecule has 0 fully saturated rings. The van der Waals surface area contributed by atoms with E-state index >= 15 is 0 Å². The van der Waals surface area contributed by atoms with Crippen LogP contribution in [0.4, 0.5) is 0 Å². The van der Waals surface area contributed by atoms with Gasteiger partial charge in [-0.05, 0) is 0 Å². The van der Waals surface area contributed by atoms with Crippen molar-refractivity contribution in [2.75, 3.05) is 7.05 Å². The monoisotopic (exact) mass is 195 g/mol. The van der Waals surface area contributed by atoms with E-state index in [0.717, 1.165) is 0 Å². The van der Waals surface area contributed by atoms with E-state index in [2.05, 4.69) is 35.9 Å². The van der Waals surface area contributed by atoms with Crippen molar-refractivity contribution in [3.8, 4) is 0 Å². The summed E-state index contributed by atoms with van der Waals surface area (Å²) in [6.45, 7) is 4.00. The Morgan fingerprint density at radius 3 is 3.00 bits per heavy atom. The van der Waals surface area contributed by atoms with Gasteiger partial charge >= 0.3 is 0 Å². The molecule has 0 spiro atoms. The summed E-state index contributed by atoms with van der Waals surface area (Å²) in [5, 5.41) is 0. The summed E-state index contributed by atoms with van der Waals surface area (Å²) >= 11 is 1.82. The predicted octanol–water partition coefficient (Wildman–Crippen LogP) is 3.20. The molecule has 0 aromatic rings. The summed E-state index contributed by atoms with van der Waals surface area (Å²) in [6, 6.07) is 0. The van der Waals surface area contributed by atoms with E-state index in [1.807, 2.05) is 25.6 Å². The van der Waals surface area contributed by atoms with Gasteiger partial charge in [0.15, 0.2) is 5.55 Å². The highest BCUT2D eigenvalue weighted by molar-refractivity contribution is 8.15. The molecule has 0 N–H and O–H groups in total. The van der Waals surface area contributed by atoms with E-state index in [9.17, 15) is 0 Å². The molecule has 1 aliphatic heterocycles. The van der Waals surface area contributed by atoms with Crippen LogP contribution in [0.25, 0.3) is 0 Å². The first-order valence-electron chi connectivity index (χ1n) is 4.84. The van der Waals surface area contributed by atoms with Crippen LogP contribution >= 0.6 is 11.8 Å². The predicted molar refractivity (Wildman–Crippen MR) is 60.9 cm³/mol. The quantitative estimate of drug-likeness (QED) is 0.424. The number of fused-ring (bicyclic) bond motifs is 1. The van der Waals surface area contributed by atoms with Crippen LogP contribution < -0.4 is 0 Å². The standard InChI is InChI=1S/C9H11NS.C2H6/c1-10-6-8-4-2-3-5-9(8)11-7-10;1-2/h4-7H,2-3H2,1H3;1-2H3. The molecule has 13 heavy (non-hydrogen) atoms. The van der Waals surface area contributed by atoms with Gasteiger partial charge in [0.05, 0.1) is 6.20 Å². The Hall–Kier alpha value is -0.630. The van der Waals surface area contributed by atoms with Gasteiger partial charge in [-0.1, -0.05) is 43.4 Å². The van der Waals surface area contributed by atoms with Crippen LogP contribution in [-0.4, -0.2) is 17.2 Å². The molecule has 0 radical (unpaired) electrons. The smallest absolute Gasteiger partial charge is 0.184 e. The summed E-state index contributed by atoms with van der Waals surface area (Å²) in [7, 11) is 2.07. The third kappa shape index (κ3) is 2.66. The molecule has 0 aromatic carbocycles. The first kappa shape index (κ1) is 10.5. The Bertz CT molecular complexity index is 261. The van der Waals surface area contributed by atoms with Crippen LogP contribution in [0.15, 0.2) is 22.8 Å². The summed E-state index contributed by atoms with van der Waals surface area (Å²) in [6.07, 6.45) is 9.22. The van der Waals surface area contributed by atoms with Gasteiger partial charge in [-0.25, -0.2) is 0 Å². The molecule has 2 rings (SSSR count). The molecule has 0 aromatic heterocycles. The number of allylic oxidation sites excluding steroid dienone is 2. The summed E-state index contributed by atoms with van der Waals surface area (Å²) in [5.74, 6) is 0. The molecule has 2 heteroatoms. The van der Waals surface area contributed by atoms with E-state index in [-0.39, 0.29) is 0 Å². The Kier molecular flexibility index (Phi) is 4.16. The van der Waals surface area contributed by atoms with Crippen LogP contribution in [0.5, 0.6) is 0 Å². The molecular weight excluding hydrogens is 178 g/mol. The number of hydrogen-bond donors (Lipinski definition) is 0. The van der Waals surface area contributed by atoms with Crippen molar-refractivity contribution < 1.29 is 4.58 Å². The lowest BCUT2D eigenvalue weighted by atomic mass is 10.0. The van der Waals surface area contributed by atoms with E-state index in [1.54, 1.807) is 0 Å². The molecule has 1 aliphatic carbocycles. The average molecular weight is 195 g/mol. The van der Waals surface area contributed by atoms with Crippen LogP contribution in [0.2, 0.25) is 0 Å². The second-order valence-corrected chi connectivity index (χ2v) is 3.71. The first-order valence-corrected chi connectivity index (χ1v) is 5.72. The Balaban J connectivity index is 0.000000396. The molecule has 0 amide bonds. The maximum atomic E-state index is 2.32. The van der Waals surface area contributed by atoms with Crippen molar-refractivity contribution in [1.29, 1.82) is 0 Å². The van der Waals surface area contributed by atoms with Crippen molar-refractivity contribution in [2.24, 2.45) is 0 Å². The minimum atomic E-state index is 1.20. The second kappa shape index (κ2) is 5.18. The second-order valence-electron chi connectivity index (χ2n) is 2.82. The highest BCUT2D eigenvalue weighted by atomic mass is 32.2. The maximum absolute atomic E-state index is 2.32. The first-order chi connectivity index (χ1) is 6.36. The van der Waals surface area contributed by atoms with Gasteiger partial charge in [0, 0.05) is 0 Å². The molecular formula is C11H17NS. The topological polar surface area (TPSA) is 3.01 Å². The summed E-state index contributed by atoms with van der Waals surface area (Å²) in [4.78, 5) is 1.43. The van der Waals surface area contributed by atoms with E-state index < -0.39 is 0 Å². The third-order valence-corrected chi connectivity index (χ3v) is 2.93. The van der Waals surface area contributed by atoms with E-state index in [0.29, 0.717) is 0 Å². The summed E-state index contributed by atoms with van der Waals surface area (Å²) in [5.41, 5.74) is 3.53. The maximum Gasteiger partial charge on any atom is 0.184 e. The van der Waals surface area contributed by atoms with Crippen molar-refractivity contribution >= 4 is 17.3 Å². The fraction of sp³-hybridized carbons (Fsp3) is 0.455. The van der Waals surface area contributed by atoms with Gasteiger partial charge in [0.25, 0.3) is 0 Å². The molecule has 72 valence electrons. The van der Waals surface area contributed by atoms with E-state index in [4.69, 9.17) is 0 Å². The minimum absolute atomic E-state index is 1.20. The van der Waals surface area contributed by atoms with Gasteiger partial charge in [-0.3, -0.25) is 4.58 Å². The molecule has 0 bridgehead atoms. The van der Waals surface area contributed by atoms with Crippen LogP contribution in [-0.2, 0) is 0 Å². The molecule has 1 nitrogen and oxygen atoms in total. The number of thioether (sulfide) groups is 1. The Morgan fingerprint density at radius 1 is 1.46 bits per heavy atom.